The van der Waals surface area contributed by atoms with Gasteiger partial charge in [0.1, 0.15) is 9.84 Å². The van der Waals surface area contributed by atoms with E-state index in [1.807, 2.05) is 0 Å². The smallest absolute Gasteiger partial charge is 0.150 e. The highest BCUT2D eigenvalue weighted by Gasteiger charge is 2.40. The van der Waals surface area contributed by atoms with Crippen LogP contribution >= 0.6 is 0 Å². The maximum absolute atomic E-state index is 11.6. The van der Waals surface area contributed by atoms with Crippen LogP contribution in [0, 0.1) is 0 Å². The second-order valence-corrected chi connectivity index (χ2v) is 8.54. The van der Waals surface area contributed by atoms with Crippen molar-refractivity contribution in [3.05, 3.63) is 0 Å². The number of rotatable bonds is 4. The van der Waals surface area contributed by atoms with Crippen LogP contribution in [-0.2, 0) is 9.84 Å². The molecule has 0 aromatic rings. The first-order valence-corrected chi connectivity index (χ1v) is 9.03. The van der Waals surface area contributed by atoms with Crippen molar-refractivity contribution in [2.45, 2.75) is 37.3 Å². The van der Waals surface area contributed by atoms with Crippen LogP contribution < -0.4 is 5.73 Å². The summed E-state index contributed by atoms with van der Waals surface area (Å²) in [7, 11) is 1.45. The number of likely N-dealkylation sites (tertiary alicyclic amines) is 1. The molecule has 0 spiro atoms. The van der Waals surface area contributed by atoms with Gasteiger partial charge in [-0.05, 0) is 46.3 Å². The van der Waals surface area contributed by atoms with Crippen LogP contribution in [0.3, 0.4) is 0 Å². The average molecular weight is 289 g/mol. The predicted molar refractivity (Wildman–Crippen MR) is 78.0 cm³/mol. The molecule has 0 bridgehead atoms. The maximum Gasteiger partial charge on any atom is 0.150 e. The molecule has 0 amide bonds. The third-order valence-electron chi connectivity index (χ3n) is 5.10. The van der Waals surface area contributed by atoms with Gasteiger partial charge in [-0.2, -0.15) is 0 Å². The van der Waals surface area contributed by atoms with Gasteiger partial charge < -0.3 is 10.6 Å². The van der Waals surface area contributed by atoms with Crippen LogP contribution in [0.2, 0.25) is 0 Å². The van der Waals surface area contributed by atoms with Crippen molar-refractivity contribution >= 4 is 9.84 Å². The molecule has 112 valence electrons. The summed E-state index contributed by atoms with van der Waals surface area (Å²) >= 11 is 0. The molecule has 1 unspecified atom stereocenters. The molecule has 2 aliphatic rings. The zero-order valence-corrected chi connectivity index (χ0v) is 13.0. The summed E-state index contributed by atoms with van der Waals surface area (Å²) in [5.74, 6) is 0.574. The molecule has 2 rings (SSSR count). The number of nitrogens with two attached hydrogens (primary N) is 1. The van der Waals surface area contributed by atoms with Crippen molar-refractivity contribution in [1.82, 2.24) is 9.80 Å². The minimum Gasteiger partial charge on any atom is -0.329 e. The lowest BCUT2D eigenvalue weighted by Gasteiger charge is -2.45. The van der Waals surface area contributed by atoms with Crippen LogP contribution in [0.5, 0.6) is 0 Å². The zero-order chi connectivity index (χ0) is 14.1. The fraction of sp³-hybridized carbons (Fsp3) is 1.00. The van der Waals surface area contributed by atoms with Gasteiger partial charge in [0, 0.05) is 24.7 Å². The van der Waals surface area contributed by atoms with Gasteiger partial charge in [-0.3, -0.25) is 4.90 Å². The molecule has 0 aliphatic carbocycles. The van der Waals surface area contributed by atoms with Gasteiger partial charge in [0.2, 0.25) is 0 Å². The topological polar surface area (TPSA) is 66.6 Å². The molecule has 6 heteroatoms. The van der Waals surface area contributed by atoms with E-state index in [2.05, 4.69) is 23.9 Å². The standard InChI is InChI=1S/C13H27N3O2S/c1-15-7-3-4-12(15)10-16(2)13(11-14)5-8-19(17,18)9-6-13/h12H,3-11,14H2,1-2H3. The lowest BCUT2D eigenvalue weighted by molar-refractivity contribution is 0.0859. The molecular formula is C13H27N3O2S. The van der Waals surface area contributed by atoms with Crippen LogP contribution in [0.15, 0.2) is 0 Å². The maximum atomic E-state index is 11.6. The van der Waals surface area contributed by atoms with Crippen LogP contribution in [0.1, 0.15) is 25.7 Å². The molecule has 19 heavy (non-hydrogen) atoms. The molecule has 0 aromatic heterocycles. The van der Waals surface area contributed by atoms with E-state index in [1.54, 1.807) is 0 Å². The minimum absolute atomic E-state index is 0.116. The van der Waals surface area contributed by atoms with E-state index in [0.717, 1.165) is 6.54 Å². The third kappa shape index (κ3) is 3.29. The van der Waals surface area contributed by atoms with Crippen molar-refractivity contribution in [2.75, 3.05) is 45.2 Å². The van der Waals surface area contributed by atoms with E-state index in [0.29, 0.717) is 25.4 Å². The lowest BCUT2D eigenvalue weighted by atomic mass is 9.90. The Hall–Kier alpha value is -0.170. The molecule has 0 saturated carbocycles. The van der Waals surface area contributed by atoms with E-state index in [-0.39, 0.29) is 17.0 Å². The average Bonchev–Trinajstić information content (AvgIpc) is 2.76. The van der Waals surface area contributed by atoms with E-state index in [1.165, 1.54) is 19.4 Å². The van der Waals surface area contributed by atoms with E-state index in [4.69, 9.17) is 5.73 Å². The Balaban J connectivity index is 2.00. The molecule has 0 aromatic carbocycles. The Morgan fingerprint density at radius 2 is 2.00 bits per heavy atom. The first-order valence-electron chi connectivity index (χ1n) is 7.20. The highest BCUT2D eigenvalue weighted by molar-refractivity contribution is 7.91. The number of likely N-dealkylation sites (N-methyl/N-ethyl adjacent to an activating group) is 2. The largest absolute Gasteiger partial charge is 0.329 e. The molecule has 2 N–H and O–H groups in total. The van der Waals surface area contributed by atoms with Crippen molar-refractivity contribution in [3.63, 3.8) is 0 Å². The number of sulfone groups is 1. The van der Waals surface area contributed by atoms with Crippen molar-refractivity contribution in [3.8, 4) is 0 Å². The summed E-state index contributed by atoms with van der Waals surface area (Å²) in [5.41, 5.74) is 5.87. The van der Waals surface area contributed by atoms with Gasteiger partial charge in [0.25, 0.3) is 0 Å². The van der Waals surface area contributed by atoms with Gasteiger partial charge in [-0.15, -0.1) is 0 Å². The summed E-state index contributed by atoms with van der Waals surface area (Å²) in [4.78, 5) is 4.73. The van der Waals surface area contributed by atoms with Crippen molar-refractivity contribution in [1.29, 1.82) is 0 Å². The highest BCUT2D eigenvalue weighted by Crippen LogP contribution is 2.29. The lowest BCUT2D eigenvalue weighted by Crippen LogP contribution is -2.58. The van der Waals surface area contributed by atoms with Crippen LogP contribution in [0.25, 0.3) is 0 Å². The molecule has 5 nitrogen and oxygen atoms in total. The Morgan fingerprint density at radius 3 is 2.47 bits per heavy atom. The van der Waals surface area contributed by atoms with E-state index in [9.17, 15) is 8.42 Å². The zero-order valence-electron chi connectivity index (χ0n) is 12.1. The summed E-state index contributed by atoms with van der Waals surface area (Å²) in [6.07, 6.45) is 3.86. The van der Waals surface area contributed by atoms with Gasteiger partial charge in [0.15, 0.2) is 0 Å². The second kappa shape index (κ2) is 5.68. The number of nitrogens with zero attached hydrogens (tertiary/aromatic N) is 2. The first kappa shape index (κ1) is 15.2. The summed E-state index contributed by atoms with van der Waals surface area (Å²) in [6.45, 7) is 2.71. The molecule has 0 radical (unpaired) electrons. The van der Waals surface area contributed by atoms with Gasteiger partial charge in [-0.1, -0.05) is 0 Å². The van der Waals surface area contributed by atoms with Gasteiger partial charge >= 0.3 is 0 Å². The summed E-state index contributed by atoms with van der Waals surface area (Å²) in [5, 5.41) is 0. The molecular weight excluding hydrogens is 262 g/mol. The molecule has 1 atom stereocenters. The quantitative estimate of drug-likeness (QED) is 0.784. The van der Waals surface area contributed by atoms with Crippen molar-refractivity contribution < 1.29 is 8.42 Å². The Kier molecular flexibility index (Phi) is 4.55. The second-order valence-electron chi connectivity index (χ2n) is 6.24. The minimum atomic E-state index is -2.83. The Morgan fingerprint density at radius 1 is 1.37 bits per heavy atom. The Labute approximate surface area is 117 Å². The van der Waals surface area contributed by atoms with E-state index < -0.39 is 9.84 Å². The number of hydrogen-bond donors (Lipinski definition) is 1. The van der Waals surface area contributed by atoms with Crippen LogP contribution in [0.4, 0.5) is 0 Å². The third-order valence-corrected chi connectivity index (χ3v) is 6.75. The highest BCUT2D eigenvalue weighted by atomic mass is 32.2. The SMILES string of the molecule is CN1CCCC1CN(C)C1(CN)CCS(=O)(=O)CC1. The molecule has 2 heterocycles. The van der Waals surface area contributed by atoms with Gasteiger partial charge in [-0.25, -0.2) is 8.42 Å². The molecule has 2 aliphatic heterocycles. The predicted octanol–water partition coefficient (Wildman–Crippen LogP) is -0.0815. The fourth-order valence-electron chi connectivity index (χ4n) is 3.38. The fourth-order valence-corrected chi connectivity index (χ4v) is 4.97. The summed E-state index contributed by atoms with van der Waals surface area (Å²) in [6, 6.07) is 0.590. The summed E-state index contributed by atoms with van der Waals surface area (Å²) < 4.78 is 23.2. The normalized spacial score (nSPS) is 30.8. The van der Waals surface area contributed by atoms with Crippen molar-refractivity contribution in [2.24, 2.45) is 5.73 Å². The Bertz CT molecular complexity index is 396. The number of hydrogen-bond acceptors (Lipinski definition) is 5. The van der Waals surface area contributed by atoms with Gasteiger partial charge in [0.05, 0.1) is 11.5 Å². The molecule has 2 saturated heterocycles. The first-order chi connectivity index (χ1) is 8.88. The van der Waals surface area contributed by atoms with E-state index >= 15 is 0 Å². The monoisotopic (exact) mass is 289 g/mol. The van der Waals surface area contributed by atoms with Crippen LogP contribution in [-0.4, -0.2) is 75.0 Å². The molecule has 2 fully saturated rings.